The molecule has 1 heterocycles. The third kappa shape index (κ3) is 3.37. The fraction of sp³-hybridized carbons (Fsp3) is 0.800. The van der Waals surface area contributed by atoms with Gasteiger partial charge >= 0.3 is 0 Å². The zero-order chi connectivity index (χ0) is 14.0. The molecule has 2 aliphatic rings. The Morgan fingerprint density at radius 1 is 1.32 bits per heavy atom. The summed E-state index contributed by atoms with van der Waals surface area (Å²) in [7, 11) is 1.95. The van der Waals surface area contributed by atoms with Gasteiger partial charge in [-0.15, -0.1) is 0 Å². The molecule has 2 unspecified atom stereocenters. The van der Waals surface area contributed by atoms with E-state index in [0.717, 1.165) is 32.4 Å². The molecule has 0 aromatic carbocycles. The lowest BCUT2D eigenvalue weighted by Crippen LogP contribution is -2.48. The number of rotatable bonds is 3. The van der Waals surface area contributed by atoms with Gasteiger partial charge in [0.15, 0.2) is 0 Å². The van der Waals surface area contributed by atoms with Gasteiger partial charge in [-0.2, -0.15) is 0 Å². The number of amides is 1. The van der Waals surface area contributed by atoms with Gasteiger partial charge in [0.1, 0.15) is 0 Å². The highest BCUT2D eigenvalue weighted by molar-refractivity contribution is 5.81. The lowest BCUT2D eigenvalue weighted by molar-refractivity contribution is -0.135. The van der Waals surface area contributed by atoms with E-state index in [1.54, 1.807) is 0 Å². The average molecular weight is 265 g/mol. The van der Waals surface area contributed by atoms with Crippen LogP contribution in [0, 0.1) is 5.92 Å². The van der Waals surface area contributed by atoms with Crippen LogP contribution in [0.1, 0.15) is 33.1 Å². The molecule has 0 saturated carbocycles. The zero-order valence-corrected chi connectivity index (χ0v) is 12.4. The van der Waals surface area contributed by atoms with E-state index in [9.17, 15) is 4.79 Å². The normalized spacial score (nSPS) is 29.1. The van der Waals surface area contributed by atoms with E-state index in [1.807, 2.05) is 24.1 Å². The first-order valence-electron chi connectivity index (χ1n) is 7.43. The summed E-state index contributed by atoms with van der Waals surface area (Å²) in [6.07, 6.45) is 6.88. The Morgan fingerprint density at radius 2 is 1.95 bits per heavy atom. The van der Waals surface area contributed by atoms with Crippen LogP contribution in [0.15, 0.2) is 12.2 Å². The smallest absolute Gasteiger partial charge is 0.229 e. The van der Waals surface area contributed by atoms with Crippen molar-refractivity contribution >= 4 is 5.91 Å². The molecule has 4 nitrogen and oxygen atoms in total. The van der Waals surface area contributed by atoms with Crippen LogP contribution < -0.4 is 5.73 Å². The summed E-state index contributed by atoms with van der Waals surface area (Å²) >= 11 is 0. The Bertz CT molecular complexity index is 345. The Morgan fingerprint density at radius 3 is 2.42 bits per heavy atom. The quantitative estimate of drug-likeness (QED) is 0.781. The Labute approximate surface area is 116 Å². The molecule has 0 aromatic heterocycles. The minimum atomic E-state index is 0.00290. The first-order chi connectivity index (χ1) is 8.99. The van der Waals surface area contributed by atoms with Gasteiger partial charge in [0.2, 0.25) is 5.91 Å². The van der Waals surface area contributed by atoms with Crippen molar-refractivity contribution in [3.63, 3.8) is 0 Å². The topological polar surface area (TPSA) is 49.6 Å². The highest BCUT2D eigenvalue weighted by atomic mass is 16.2. The maximum atomic E-state index is 12.4. The van der Waals surface area contributed by atoms with Crippen molar-refractivity contribution < 1.29 is 4.79 Å². The fourth-order valence-electron chi connectivity index (χ4n) is 3.14. The van der Waals surface area contributed by atoms with Crippen LogP contribution >= 0.6 is 0 Å². The molecule has 0 radical (unpaired) electrons. The zero-order valence-electron chi connectivity index (χ0n) is 12.4. The van der Waals surface area contributed by atoms with Crippen molar-refractivity contribution in [3.8, 4) is 0 Å². The summed E-state index contributed by atoms with van der Waals surface area (Å²) in [6, 6.07) is 1.07. The monoisotopic (exact) mass is 265 g/mol. The van der Waals surface area contributed by atoms with Crippen LogP contribution in [-0.4, -0.2) is 54.0 Å². The van der Waals surface area contributed by atoms with E-state index in [-0.39, 0.29) is 17.9 Å². The molecular weight excluding hydrogens is 238 g/mol. The van der Waals surface area contributed by atoms with E-state index < -0.39 is 0 Å². The Kier molecular flexibility index (Phi) is 4.63. The molecular formula is C15H27N3O. The van der Waals surface area contributed by atoms with Crippen molar-refractivity contribution in [1.82, 2.24) is 9.80 Å². The number of nitrogens with two attached hydrogens (primary N) is 1. The van der Waals surface area contributed by atoms with Crippen LogP contribution in [0.5, 0.6) is 0 Å². The van der Waals surface area contributed by atoms with E-state index in [0.29, 0.717) is 12.1 Å². The second-order valence-electron chi connectivity index (χ2n) is 6.20. The summed E-state index contributed by atoms with van der Waals surface area (Å²) in [5.41, 5.74) is 5.83. The number of nitrogens with zero attached hydrogens (tertiary/aromatic N) is 2. The Hall–Kier alpha value is -0.870. The summed E-state index contributed by atoms with van der Waals surface area (Å²) in [6.45, 7) is 6.67. The largest absolute Gasteiger partial charge is 0.342 e. The van der Waals surface area contributed by atoms with E-state index in [4.69, 9.17) is 5.73 Å². The second-order valence-corrected chi connectivity index (χ2v) is 6.20. The average Bonchev–Trinajstić information content (AvgIpc) is 2.84. The summed E-state index contributed by atoms with van der Waals surface area (Å²) in [5.74, 6) is 0.246. The summed E-state index contributed by atoms with van der Waals surface area (Å²) in [4.78, 5) is 16.9. The van der Waals surface area contributed by atoms with Crippen LogP contribution in [-0.2, 0) is 4.79 Å². The molecule has 0 bridgehead atoms. The molecule has 1 amide bonds. The molecule has 1 saturated heterocycles. The third-order valence-corrected chi connectivity index (χ3v) is 4.56. The lowest BCUT2D eigenvalue weighted by atomic mass is 9.99. The van der Waals surface area contributed by atoms with Gasteiger partial charge in [-0.1, -0.05) is 12.2 Å². The van der Waals surface area contributed by atoms with Gasteiger partial charge in [-0.25, -0.2) is 0 Å². The van der Waals surface area contributed by atoms with E-state index in [1.165, 1.54) is 0 Å². The van der Waals surface area contributed by atoms with Crippen molar-refractivity contribution in [2.24, 2.45) is 11.7 Å². The van der Waals surface area contributed by atoms with E-state index in [2.05, 4.69) is 18.7 Å². The van der Waals surface area contributed by atoms with Crippen LogP contribution in [0.25, 0.3) is 0 Å². The maximum Gasteiger partial charge on any atom is 0.229 e. The number of piperidine rings is 1. The third-order valence-electron chi connectivity index (χ3n) is 4.56. The van der Waals surface area contributed by atoms with Gasteiger partial charge in [0.25, 0.3) is 0 Å². The first kappa shape index (κ1) is 14.5. The second kappa shape index (κ2) is 6.06. The standard InChI is InChI=1S/C15H27N3O/c1-11(2)18-8-6-14(7-9-18)17(3)15(19)12-4-5-13(16)10-12/h4-5,11-14H,6-10,16H2,1-3H3. The Balaban J connectivity index is 1.85. The van der Waals surface area contributed by atoms with Crippen LogP contribution in [0.4, 0.5) is 0 Å². The number of carbonyl (C=O) groups is 1. The van der Waals surface area contributed by atoms with E-state index >= 15 is 0 Å². The maximum absolute atomic E-state index is 12.4. The number of likely N-dealkylation sites (tertiary alicyclic amines) is 1. The molecule has 2 rings (SSSR count). The van der Waals surface area contributed by atoms with Crippen molar-refractivity contribution in [2.75, 3.05) is 20.1 Å². The first-order valence-corrected chi connectivity index (χ1v) is 7.43. The number of hydrogen-bond acceptors (Lipinski definition) is 3. The van der Waals surface area contributed by atoms with Gasteiger partial charge < -0.3 is 15.5 Å². The molecule has 0 spiro atoms. The summed E-state index contributed by atoms with van der Waals surface area (Å²) in [5, 5.41) is 0. The predicted molar refractivity (Wildman–Crippen MR) is 77.7 cm³/mol. The number of carbonyl (C=O) groups excluding carboxylic acids is 1. The van der Waals surface area contributed by atoms with Gasteiger partial charge in [-0.3, -0.25) is 4.79 Å². The van der Waals surface area contributed by atoms with Crippen LogP contribution in [0.3, 0.4) is 0 Å². The molecule has 108 valence electrons. The molecule has 1 aliphatic heterocycles. The lowest BCUT2D eigenvalue weighted by Gasteiger charge is -2.39. The minimum Gasteiger partial charge on any atom is -0.342 e. The van der Waals surface area contributed by atoms with Gasteiger partial charge in [0, 0.05) is 38.3 Å². The molecule has 0 aromatic rings. The molecule has 19 heavy (non-hydrogen) atoms. The molecule has 1 fully saturated rings. The highest BCUT2D eigenvalue weighted by Crippen LogP contribution is 2.23. The minimum absolute atomic E-state index is 0.00290. The SMILES string of the molecule is CC(C)N1CCC(N(C)C(=O)C2C=CC(N)C2)CC1. The molecule has 4 heteroatoms. The molecule has 1 aliphatic carbocycles. The predicted octanol–water partition coefficient (Wildman–Crippen LogP) is 1.22. The van der Waals surface area contributed by atoms with Gasteiger partial charge in [-0.05, 0) is 33.1 Å². The van der Waals surface area contributed by atoms with Crippen molar-refractivity contribution in [1.29, 1.82) is 0 Å². The molecule has 2 N–H and O–H groups in total. The van der Waals surface area contributed by atoms with Crippen LogP contribution in [0.2, 0.25) is 0 Å². The van der Waals surface area contributed by atoms with Crippen molar-refractivity contribution in [2.45, 2.75) is 51.2 Å². The summed E-state index contributed by atoms with van der Waals surface area (Å²) < 4.78 is 0. The molecule has 2 atom stereocenters. The fourth-order valence-corrected chi connectivity index (χ4v) is 3.14. The van der Waals surface area contributed by atoms with Gasteiger partial charge in [0.05, 0.1) is 5.92 Å². The highest BCUT2D eigenvalue weighted by Gasteiger charge is 2.31. The van der Waals surface area contributed by atoms with Crippen molar-refractivity contribution in [3.05, 3.63) is 12.2 Å². The number of hydrogen-bond donors (Lipinski definition) is 1.